The van der Waals surface area contributed by atoms with Gasteiger partial charge < -0.3 is 15.0 Å². The molecule has 14 heavy (non-hydrogen) atoms. The summed E-state index contributed by atoms with van der Waals surface area (Å²) in [6, 6.07) is -0.0256. The Kier molecular flexibility index (Phi) is 7.20. The summed E-state index contributed by atoms with van der Waals surface area (Å²) in [4.78, 5) is 13.1. The summed E-state index contributed by atoms with van der Waals surface area (Å²) < 4.78 is 4.84. The molecule has 0 aliphatic heterocycles. The SMILES string of the molecule is CCC(C)CN(C)C(=O)NCCOC. The van der Waals surface area contributed by atoms with Crippen molar-refractivity contribution in [1.82, 2.24) is 10.2 Å². The molecule has 4 heteroatoms. The van der Waals surface area contributed by atoms with Crippen LogP contribution >= 0.6 is 0 Å². The first-order valence-electron chi connectivity index (χ1n) is 5.09. The summed E-state index contributed by atoms with van der Waals surface area (Å²) in [7, 11) is 3.43. The van der Waals surface area contributed by atoms with E-state index in [0.717, 1.165) is 13.0 Å². The highest BCUT2D eigenvalue weighted by molar-refractivity contribution is 5.73. The maximum Gasteiger partial charge on any atom is 0.317 e. The van der Waals surface area contributed by atoms with Crippen LogP contribution in [0.5, 0.6) is 0 Å². The third-order valence-corrected chi connectivity index (χ3v) is 2.21. The highest BCUT2D eigenvalue weighted by Gasteiger charge is 2.09. The van der Waals surface area contributed by atoms with Gasteiger partial charge in [0.05, 0.1) is 6.61 Å². The van der Waals surface area contributed by atoms with E-state index in [4.69, 9.17) is 4.74 Å². The summed E-state index contributed by atoms with van der Waals surface area (Å²) in [5.74, 6) is 0.549. The van der Waals surface area contributed by atoms with Gasteiger partial charge >= 0.3 is 6.03 Å². The second-order valence-electron chi connectivity index (χ2n) is 3.62. The zero-order valence-corrected chi connectivity index (χ0v) is 9.67. The molecule has 1 unspecified atom stereocenters. The molecule has 2 amide bonds. The molecule has 0 heterocycles. The average molecular weight is 202 g/mol. The van der Waals surface area contributed by atoms with Crippen molar-refractivity contribution in [3.8, 4) is 0 Å². The Bertz CT molecular complexity index is 162. The molecule has 0 aliphatic rings. The van der Waals surface area contributed by atoms with Crippen LogP contribution in [0.15, 0.2) is 0 Å². The van der Waals surface area contributed by atoms with Gasteiger partial charge in [-0.2, -0.15) is 0 Å². The van der Waals surface area contributed by atoms with Gasteiger partial charge in [-0.25, -0.2) is 4.79 Å². The highest BCUT2D eigenvalue weighted by atomic mass is 16.5. The quantitative estimate of drug-likeness (QED) is 0.660. The predicted octanol–water partition coefficient (Wildman–Crippen LogP) is 1.32. The van der Waals surface area contributed by atoms with Crippen molar-refractivity contribution >= 4 is 6.03 Å². The number of hydrogen-bond acceptors (Lipinski definition) is 2. The monoisotopic (exact) mass is 202 g/mol. The number of nitrogens with one attached hydrogen (secondary N) is 1. The molecule has 0 rings (SSSR count). The first-order valence-corrected chi connectivity index (χ1v) is 5.09. The van der Waals surface area contributed by atoms with E-state index in [0.29, 0.717) is 19.1 Å². The van der Waals surface area contributed by atoms with Gasteiger partial charge in [-0.15, -0.1) is 0 Å². The minimum absolute atomic E-state index is 0.0256. The zero-order chi connectivity index (χ0) is 11.0. The van der Waals surface area contributed by atoms with E-state index in [9.17, 15) is 4.79 Å². The lowest BCUT2D eigenvalue weighted by molar-refractivity contribution is 0.181. The second kappa shape index (κ2) is 7.62. The van der Waals surface area contributed by atoms with Crippen molar-refractivity contribution in [3.63, 3.8) is 0 Å². The van der Waals surface area contributed by atoms with Crippen LogP contribution in [-0.2, 0) is 4.74 Å². The van der Waals surface area contributed by atoms with E-state index in [1.54, 1.807) is 12.0 Å². The Labute approximate surface area is 86.6 Å². The first-order chi connectivity index (χ1) is 6.61. The Morgan fingerprint density at radius 2 is 2.21 bits per heavy atom. The number of carbonyl (C=O) groups is 1. The molecule has 0 aromatic heterocycles. The van der Waals surface area contributed by atoms with Gasteiger partial charge in [-0.3, -0.25) is 0 Å². The number of urea groups is 1. The summed E-state index contributed by atoms with van der Waals surface area (Å²) in [6.07, 6.45) is 1.09. The van der Waals surface area contributed by atoms with Crippen LogP contribution in [0.4, 0.5) is 4.79 Å². The Morgan fingerprint density at radius 1 is 1.57 bits per heavy atom. The number of amides is 2. The third kappa shape index (κ3) is 5.80. The van der Waals surface area contributed by atoms with Crippen molar-refractivity contribution in [2.24, 2.45) is 5.92 Å². The molecule has 0 bridgehead atoms. The molecule has 0 spiro atoms. The van der Waals surface area contributed by atoms with Gasteiger partial charge in [0.2, 0.25) is 0 Å². The summed E-state index contributed by atoms with van der Waals surface area (Å²) in [5.41, 5.74) is 0. The molecular formula is C10H22N2O2. The largest absolute Gasteiger partial charge is 0.383 e. The van der Waals surface area contributed by atoms with E-state index in [1.807, 2.05) is 7.05 Å². The topological polar surface area (TPSA) is 41.6 Å². The highest BCUT2D eigenvalue weighted by Crippen LogP contribution is 2.02. The van der Waals surface area contributed by atoms with Crippen molar-refractivity contribution in [2.45, 2.75) is 20.3 Å². The van der Waals surface area contributed by atoms with Gasteiger partial charge in [0.1, 0.15) is 0 Å². The van der Waals surface area contributed by atoms with Crippen molar-refractivity contribution in [2.75, 3.05) is 33.9 Å². The maximum atomic E-state index is 11.4. The predicted molar refractivity (Wildman–Crippen MR) is 57.4 cm³/mol. The van der Waals surface area contributed by atoms with Crippen molar-refractivity contribution in [3.05, 3.63) is 0 Å². The van der Waals surface area contributed by atoms with Crippen LogP contribution in [0.1, 0.15) is 20.3 Å². The fourth-order valence-corrected chi connectivity index (χ4v) is 1.07. The smallest absolute Gasteiger partial charge is 0.317 e. The molecule has 0 fully saturated rings. The number of methoxy groups -OCH3 is 1. The van der Waals surface area contributed by atoms with Crippen molar-refractivity contribution in [1.29, 1.82) is 0 Å². The van der Waals surface area contributed by atoms with E-state index in [-0.39, 0.29) is 6.03 Å². The third-order valence-electron chi connectivity index (χ3n) is 2.21. The summed E-state index contributed by atoms with van der Waals surface area (Å²) in [6.45, 7) is 6.19. The molecule has 84 valence electrons. The van der Waals surface area contributed by atoms with Gasteiger partial charge in [-0.05, 0) is 5.92 Å². The fraction of sp³-hybridized carbons (Fsp3) is 0.900. The molecule has 0 aromatic rings. The lowest BCUT2D eigenvalue weighted by atomic mass is 10.1. The Balaban J connectivity index is 3.64. The summed E-state index contributed by atoms with van der Waals surface area (Å²) in [5, 5.41) is 2.77. The molecule has 4 nitrogen and oxygen atoms in total. The number of hydrogen-bond donors (Lipinski definition) is 1. The number of rotatable bonds is 6. The molecule has 0 aliphatic carbocycles. The Hall–Kier alpha value is -0.770. The van der Waals surface area contributed by atoms with Gasteiger partial charge in [0.15, 0.2) is 0 Å². The lowest BCUT2D eigenvalue weighted by Gasteiger charge is -2.21. The van der Waals surface area contributed by atoms with E-state index < -0.39 is 0 Å². The van der Waals surface area contributed by atoms with E-state index in [2.05, 4.69) is 19.2 Å². The molecule has 0 saturated carbocycles. The standard InChI is InChI=1S/C10H22N2O2/c1-5-9(2)8-12(3)10(13)11-6-7-14-4/h9H,5-8H2,1-4H3,(H,11,13). The van der Waals surface area contributed by atoms with Crippen molar-refractivity contribution < 1.29 is 9.53 Å². The van der Waals surface area contributed by atoms with E-state index in [1.165, 1.54) is 0 Å². The van der Waals surface area contributed by atoms with Gasteiger partial charge in [0, 0.05) is 27.2 Å². The van der Waals surface area contributed by atoms with Crippen LogP contribution in [0.2, 0.25) is 0 Å². The van der Waals surface area contributed by atoms with E-state index >= 15 is 0 Å². The molecule has 1 atom stereocenters. The zero-order valence-electron chi connectivity index (χ0n) is 9.67. The fourth-order valence-electron chi connectivity index (χ4n) is 1.07. The normalized spacial score (nSPS) is 12.3. The van der Waals surface area contributed by atoms with Gasteiger partial charge in [0.25, 0.3) is 0 Å². The number of carbonyl (C=O) groups excluding carboxylic acids is 1. The van der Waals surface area contributed by atoms with Crippen LogP contribution in [0.3, 0.4) is 0 Å². The van der Waals surface area contributed by atoms with Crippen LogP contribution in [0, 0.1) is 5.92 Å². The molecule has 0 saturated heterocycles. The Morgan fingerprint density at radius 3 is 2.71 bits per heavy atom. The molecule has 0 aromatic carbocycles. The summed E-state index contributed by atoms with van der Waals surface area (Å²) >= 11 is 0. The first kappa shape index (κ1) is 13.2. The second-order valence-corrected chi connectivity index (χ2v) is 3.62. The minimum atomic E-state index is -0.0256. The molecule has 0 radical (unpaired) electrons. The average Bonchev–Trinajstić information content (AvgIpc) is 2.17. The van der Waals surface area contributed by atoms with Crippen LogP contribution in [0.25, 0.3) is 0 Å². The number of nitrogens with zero attached hydrogens (tertiary/aromatic N) is 1. The molecule has 1 N–H and O–H groups in total. The van der Waals surface area contributed by atoms with Crippen LogP contribution < -0.4 is 5.32 Å². The lowest BCUT2D eigenvalue weighted by Crippen LogP contribution is -2.40. The molecular weight excluding hydrogens is 180 g/mol. The number of ether oxygens (including phenoxy) is 1. The minimum Gasteiger partial charge on any atom is -0.383 e. The van der Waals surface area contributed by atoms with Gasteiger partial charge in [-0.1, -0.05) is 20.3 Å². The maximum absolute atomic E-state index is 11.4. The van der Waals surface area contributed by atoms with Crippen LogP contribution in [-0.4, -0.2) is 44.8 Å².